The molecule has 0 saturated carbocycles. The van der Waals surface area contributed by atoms with Crippen molar-refractivity contribution in [3.05, 3.63) is 46.4 Å². The molecule has 0 amide bonds. The zero-order chi connectivity index (χ0) is 10.1. The molecule has 0 spiro atoms. The van der Waals surface area contributed by atoms with Gasteiger partial charge >= 0.3 is 0 Å². The molecule has 0 aromatic heterocycles. The Labute approximate surface area is 91.5 Å². The van der Waals surface area contributed by atoms with Gasteiger partial charge in [-0.15, -0.1) is 0 Å². The van der Waals surface area contributed by atoms with E-state index < -0.39 is 6.10 Å². The van der Waals surface area contributed by atoms with Crippen LogP contribution in [0.25, 0.3) is 10.8 Å². The second-order valence-electron chi connectivity index (χ2n) is 3.37. The highest BCUT2D eigenvalue weighted by Gasteiger charge is 2.08. The SMILES string of the molecule is CC(O)c1ccc2ccccc2c1Br. The Hall–Kier alpha value is -0.860. The van der Waals surface area contributed by atoms with Crippen LogP contribution in [0.4, 0.5) is 0 Å². The summed E-state index contributed by atoms with van der Waals surface area (Å²) in [5, 5.41) is 11.9. The van der Waals surface area contributed by atoms with Crippen molar-refractivity contribution in [1.82, 2.24) is 0 Å². The molecule has 0 aliphatic heterocycles. The van der Waals surface area contributed by atoms with Gasteiger partial charge in [0.2, 0.25) is 0 Å². The first-order chi connectivity index (χ1) is 6.70. The Kier molecular flexibility index (Phi) is 2.57. The predicted molar refractivity (Wildman–Crippen MR) is 62.3 cm³/mol. The van der Waals surface area contributed by atoms with E-state index in [4.69, 9.17) is 0 Å². The number of aliphatic hydroxyl groups excluding tert-OH is 1. The molecule has 0 aliphatic carbocycles. The summed E-state index contributed by atoms with van der Waals surface area (Å²) in [7, 11) is 0. The van der Waals surface area contributed by atoms with Gasteiger partial charge in [-0.25, -0.2) is 0 Å². The summed E-state index contributed by atoms with van der Waals surface area (Å²) < 4.78 is 0.991. The summed E-state index contributed by atoms with van der Waals surface area (Å²) in [6.45, 7) is 1.77. The highest BCUT2D eigenvalue weighted by atomic mass is 79.9. The fourth-order valence-electron chi connectivity index (χ4n) is 1.57. The molecule has 1 N–H and O–H groups in total. The van der Waals surface area contributed by atoms with Crippen molar-refractivity contribution in [2.24, 2.45) is 0 Å². The molecule has 2 heteroatoms. The minimum atomic E-state index is -0.436. The van der Waals surface area contributed by atoms with Crippen molar-refractivity contribution in [3.63, 3.8) is 0 Å². The monoisotopic (exact) mass is 250 g/mol. The molecular weight excluding hydrogens is 240 g/mol. The van der Waals surface area contributed by atoms with Gasteiger partial charge in [0, 0.05) is 4.47 Å². The third kappa shape index (κ3) is 1.56. The molecule has 0 radical (unpaired) electrons. The number of benzene rings is 2. The molecule has 0 fully saturated rings. The molecule has 2 aromatic rings. The van der Waals surface area contributed by atoms with Crippen molar-refractivity contribution in [1.29, 1.82) is 0 Å². The van der Waals surface area contributed by atoms with Gasteiger partial charge in [-0.05, 0) is 39.2 Å². The van der Waals surface area contributed by atoms with E-state index in [0.717, 1.165) is 15.4 Å². The van der Waals surface area contributed by atoms with Gasteiger partial charge in [-0.2, -0.15) is 0 Å². The summed E-state index contributed by atoms with van der Waals surface area (Å²) in [4.78, 5) is 0. The number of rotatable bonds is 1. The Morgan fingerprint density at radius 2 is 1.86 bits per heavy atom. The first-order valence-electron chi connectivity index (χ1n) is 4.55. The van der Waals surface area contributed by atoms with Crippen molar-refractivity contribution < 1.29 is 5.11 Å². The van der Waals surface area contributed by atoms with E-state index in [2.05, 4.69) is 22.0 Å². The molecule has 0 aliphatic rings. The molecule has 2 rings (SSSR count). The van der Waals surface area contributed by atoms with Crippen LogP contribution < -0.4 is 0 Å². The molecule has 2 aromatic carbocycles. The predicted octanol–water partition coefficient (Wildman–Crippen LogP) is 3.66. The van der Waals surface area contributed by atoms with Gasteiger partial charge in [-0.1, -0.05) is 36.4 Å². The van der Waals surface area contributed by atoms with Crippen LogP contribution in [-0.2, 0) is 0 Å². The lowest BCUT2D eigenvalue weighted by atomic mass is 10.0. The second-order valence-corrected chi connectivity index (χ2v) is 4.16. The Bertz CT molecular complexity index is 463. The minimum Gasteiger partial charge on any atom is -0.389 e. The number of aliphatic hydroxyl groups is 1. The maximum atomic E-state index is 9.53. The average Bonchev–Trinajstić information content (AvgIpc) is 2.18. The first-order valence-corrected chi connectivity index (χ1v) is 5.34. The molecule has 0 bridgehead atoms. The zero-order valence-electron chi connectivity index (χ0n) is 7.87. The van der Waals surface area contributed by atoms with Gasteiger partial charge in [0.1, 0.15) is 0 Å². The summed E-state index contributed by atoms with van der Waals surface area (Å²) in [5.41, 5.74) is 0.934. The quantitative estimate of drug-likeness (QED) is 0.820. The van der Waals surface area contributed by atoms with E-state index in [1.807, 2.05) is 30.3 Å². The largest absolute Gasteiger partial charge is 0.389 e. The van der Waals surface area contributed by atoms with Crippen LogP contribution in [0.1, 0.15) is 18.6 Å². The van der Waals surface area contributed by atoms with E-state index in [0.29, 0.717) is 0 Å². The van der Waals surface area contributed by atoms with Crippen LogP contribution >= 0.6 is 15.9 Å². The van der Waals surface area contributed by atoms with Crippen molar-refractivity contribution >= 4 is 26.7 Å². The molecule has 0 heterocycles. The summed E-state index contributed by atoms with van der Waals surface area (Å²) in [6.07, 6.45) is -0.436. The third-order valence-electron chi connectivity index (χ3n) is 2.34. The van der Waals surface area contributed by atoms with E-state index in [1.165, 1.54) is 5.39 Å². The van der Waals surface area contributed by atoms with E-state index in [9.17, 15) is 5.11 Å². The summed E-state index contributed by atoms with van der Waals surface area (Å²) in [5.74, 6) is 0. The number of hydrogen-bond acceptors (Lipinski definition) is 1. The Morgan fingerprint density at radius 1 is 1.14 bits per heavy atom. The smallest absolute Gasteiger partial charge is 0.0773 e. The van der Waals surface area contributed by atoms with Gasteiger partial charge in [0.25, 0.3) is 0 Å². The van der Waals surface area contributed by atoms with Crippen molar-refractivity contribution in [2.75, 3.05) is 0 Å². The molecule has 0 saturated heterocycles. The Balaban J connectivity index is 2.75. The lowest BCUT2D eigenvalue weighted by Gasteiger charge is -2.09. The van der Waals surface area contributed by atoms with Gasteiger partial charge in [0.05, 0.1) is 6.10 Å². The van der Waals surface area contributed by atoms with E-state index in [-0.39, 0.29) is 0 Å². The molecule has 1 unspecified atom stereocenters. The van der Waals surface area contributed by atoms with Gasteiger partial charge in [0.15, 0.2) is 0 Å². The average molecular weight is 251 g/mol. The molecular formula is C12H11BrO. The van der Waals surface area contributed by atoms with Crippen LogP contribution in [0.2, 0.25) is 0 Å². The number of hydrogen-bond donors (Lipinski definition) is 1. The van der Waals surface area contributed by atoms with Crippen LogP contribution in [0.3, 0.4) is 0 Å². The highest BCUT2D eigenvalue weighted by Crippen LogP contribution is 2.30. The summed E-state index contributed by atoms with van der Waals surface area (Å²) >= 11 is 3.52. The van der Waals surface area contributed by atoms with Crippen molar-refractivity contribution in [2.45, 2.75) is 13.0 Å². The fraction of sp³-hybridized carbons (Fsp3) is 0.167. The highest BCUT2D eigenvalue weighted by molar-refractivity contribution is 9.10. The van der Waals surface area contributed by atoms with Crippen LogP contribution in [0, 0.1) is 0 Å². The molecule has 1 atom stereocenters. The van der Waals surface area contributed by atoms with Gasteiger partial charge < -0.3 is 5.11 Å². The maximum Gasteiger partial charge on any atom is 0.0773 e. The molecule has 1 nitrogen and oxygen atoms in total. The number of fused-ring (bicyclic) bond motifs is 1. The lowest BCUT2D eigenvalue weighted by molar-refractivity contribution is 0.198. The Morgan fingerprint density at radius 3 is 2.57 bits per heavy atom. The zero-order valence-corrected chi connectivity index (χ0v) is 9.45. The fourth-order valence-corrected chi connectivity index (χ4v) is 2.40. The standard InChI is InChI=1S/C12H11BrO/c1-8(14)10-7-6-9-4-2-3-5-11(9)12(10)13/h2-8,14H,1H3. The van der Waals surface area contributed by atoms with Gasteiger partial charge in [-0.3, -0.25) is 0 Å². The first kappa shape index (κ1) is 9.69. The van der Waals surface area contributed by atoms with Crippen LogP contribution in [0.15, 0.2) is 40.9 Å². The van der Waals surface area contributed by atoms with Crippen LogP contribution in [-0.4, -0.2) is 5.11 Å². The summed E-state index contributed by atoms with van der Waals surface area (Å²) in [6, 6.07) is 12.1. The van der Waals surface area contributed by atoms with Crippen molar-refractivity contribution in [3.8, 4) is 0 Å². The molecule has 14 heavy (non-hydrogen) atoms. The normalized spacial score (nSPS) is 13.1. The maximum absolute atomic E-state index is 9.53. The third-order valence-corrected chi connectivity index (χ3v) is 3.23. The van der Waals surface area contributed by atoms with E-state index >= 15 is 0 Å². The van der Waals surface area contributed by atoms with Crippen LogP contribution in [0.5, 0.6) is 0 Å². The molecule has 72 valence electrons. The topological polar surface area (TPSA) is 20.2 Å². The second kappa shape index (κ2) is 3.71. The number of halogens is 1. The van der Waals surface area contributed by atoms with E-state index in [1.54, 1.807) is 6.92 Å². The minimum absolute atomic E-state index is 0.436. The lowest BCUT2D eigenvalue weighted by Crippen LogP contribution is -1.92.